The molecule has 4 rings (SSSR count). The highest BCUT2D eigenvalue weighted by Crippen LogP contribution is 2.27. The summed E-state index contributed by atoms with van der Waals surface area (Å²) in [7, 11) is -0.297. The maximum Gasteiger partial charge on any atom is 0.336 e. The first-order valence-corrected chi connectivity index (χ1v) is 13.8. The van der Waals surface area contributed by atoms with E-state index < -0.39 is 27.0 Å². The molecule has 0 unspecified atom stereocenters. The number of sulfone groups is 1. The first kappa shape index (κ1) is 26.2. The number of fused-ring (bicyclic) bond motifs is 1. The molecule has 4 aromatic rings. The Bertz CT molecular complexity index is 1720. The van der Waals surface area contributed by atoms with Crippen molar-refractivity contribution in [3.05, 3.63) is 91.1 Å². The number of nitrogens with one attached hydrogen (secondary N) is 1. The first-order chi connectivity index (χ1) is 17.5. The van der Waals surface area contributed by atoms with E-state index in [0.717, 1.165) is 27.7 Å². The quantitative estimate of drug-likeness (QED) is 0.361. The molecule has 0 aliphatic rings. The van der Waals surface area contributed by atoms with E-state index in [1.165, 1.54) is 36.9 Å². The zero-order chi connectivity index (χ0) is 26.9. The summed E-state index contributed by atoms with van der Waals surface area (Å²) in [5.41, 5.74) is 0.650. The fourth-order valence-corrected chi connectivity index (χ4v) is 5.43. The molecule has 0 saturated carbocycles. The molecule has 2 aromatic carbocycles. The van der Waals surface area contributed by atoms with Gasteiger partial charge in [0, 0.05) is 24.6 Å². The van der Waals surface area contributed by atoms with E-state index in [2.05, 4.69) is 5.32 Å². The van der Waals surface area contributed by atoms with E-state index in [1.54, 1.807) is 37.3 Å². The van der Waals surface area contributed by atoms with Gasteiger partial charge in [-0.15, -0.1) is 11.3 Å². The SMILES string of the molecule is COc1ccc(CNC(=O)c2cn3c(=O)n(Cc4ccc(S(C)(=O)=O)cc4)c(=O)c(C)c3s2)cc1OC. The predicted octanol–water partition coefficient (Wildman–Crippen LogP) is 2.23. The molecule has 194 valence electrons. The molecule has 12 heteroatoms. The molecule has 1 amide bonds. The van der Waals surface area contributed by atoms with Crippen LogP contribution in [0.5, 0.6) is 11.5 Å². The second-order valence-corrected chi connectivity index (χ2v) is 11.4. The molecule has 0 saturated heterocycles. The number of carbonyl (C=O) groups is 1. The number of rotatable bonds is 8. The summed E-state index contributed by atoms with van der Waals surface area (Å²) < 4.78 is 36.2. The van der Waals surface area contributed by atoms with Gasteiger partial charge in [0.15, 0.2) is 21.3 Å². The van der Waals surface area contributed by atoms with E-state index in [1.807, 2.05) is 0 Å². The van der Waals surface area contributed by atoms with Crippen LogP contribution in [0, 0.1) is 6.92 Å². The van der Waals surface area contributed by atoms with Gasteiger partial charge in [0.2, 0.25) is 0 Å². The minimum atomic E-state index is -3.36. The van der Waals surface area contributed by atoms with Crippen LogP contribution in [0.2, 0.25) is 0 Å². The molecule has 0 fully saturated rings. The summed E-state index contributed by atoms with van der Waals surface area (Å²) in [6.07, 6.45) is 2.52. The third-order valence-corrected chi connectivity index (χ3v) is 8.15. The average molecular weight is 544 g/mol. The molecule has 2 aromatic heterocycles. The zero-order valence-electron chi connectivity index (χ0n) is 20.6. The number of aryl methyl sites for hydroxylation is 1. The van der Waals surface area contributed by atoms with Crippen LogP contribution in [0.25, 0.3) is 4.83 Å². The van der Waals surface area contributed by atoms with Crippen LogP contribution in [0.3, 0.4) is 0 Å². The van der Waals surface area contributed by atoms with Crippen molar-refractivity contribution in [1.82, 2.24) is 14.3 Å². The summed E-state index contributed by atoms with van der Waals surface area (Å²) in [4.78, 5) is 39.8. The van der Waals surface area contributed by atoms with Crippen molar-refractivity contribution in [3.63, 3.8) is 0 Å². The Hall–Kier alpha value is -3.90. The number of thiazole rings is 1. The minimum Gasteiger partial charge on any atom is -0.493 e. The number of benzene rings is 2. The van der Waals surface area contributed by atoms with Gasteiger partial charge in [0.05, 0.1) is 25.7 Å². The van der Waals surface area contributed by atoms with Crippen molar-refractivity contribution in [1.29, 1.82) is 0 Å². The van der Waals surface area contributed by atoms with Gasteiger partial charge in [-0.25, -0.2) is 13.2 Å². The van der Waals surface area contributed by atoms with E-state index in [4.69, 9.17) is 9.47 Å². The van der Waals surface area contributed by atoms with Gasteiger partial charge in [-0.1, -0.05) is 18.2 Å². The number of amides is 1. The molecular formula is C25H25N3O7S2. The molecule has 0 bridgehead atoms. The van der Waals surface area contributed by atoms with Crippen LogP contribution < -0.4 is 26.0 Å². The van der Waals surface area contributed by atoms with Gasteiger partial charge in [0.1, 0.15) is 9.71 Å². The lowest BCUT2D eigenvalue weighted by atomic mass is 10.2. The highest BCUT2D eigenvalue weighted by Gasteiger charge is 2.18. The van der Waals surface area contributed by atoms with Crippen molar-refractivity contribution in [2.45, 2.75) is 24.9 Å². The second-order valence-electron chi connectivity index (χ2n) is 8.36. The van der Waals surface area contributed by atoms with Gasteiger partial charge in [0.25, 0.3) is 11.5 Å². The number of carbonyl (C=O) groups excluding carboxylic acids is 1. The summed E-state index contributed by atoms with van der Waals surface area (Å²) in [6, 6.07) is 11.3. The van der Waals surface area contributed by atoms with Gasteiger partial charge in [-0.2, -0.15) is 0 Å². The van der Waals surface area contributed by atoms with E-state index in [-0.39, 0.29) is 22.9 Å². The van der Waals surface area contributed by atoms with Crippen LogP contribution in [0.15, 0.2) is 63.1 Å². The summed E-state index contributed by atoms with van der Waals surface area (Å²) >= 11 is 1.06. The van der Waals surface area contributed by atoms with Gasteiger partial charge < -0.3 is 14.8 Å². The number of hydrogen-bond donors (Lipinski definition) is 1. The minimum absolute atomic E-state index is 0.0395. The molecule has 10 nitrogen and oxygen atoms in total. The molecule has 0 radical (unpaired) electrons. The van der Waals surface area contributed by atoms with E-state index >= 15 is 0 Å². The van der Waals surface area contributed by atoms with E-state index in [9.17, 15) is 22.8 Å². The second kappa shape index (κ2) is 10.2. The smallest absolute Gasteiger partial charge is 0.336 e. The molecule has 0 atom stereocenters. The first-order valence-electron chi connectivity index (χ1n) is 11.1. The molecule has 0 aliphatic heterocycles. The largest absolute Gasteiger partial charge is 0.493 e. The van der Waals surface area contributed by atoms with E-state index in [0.29, 0.717) is 27.5 Å². The van der Waals surface area contributed by atoms with Crippen LogP contribution >= 0.6 is 11.3 Å². The number of aromatic nitrogens is 2. The van der Waals surface area contributed by atoms with Crippen molar-refractivity contribution < 1.29 is 22.7 Å². The Balaban J connectivity index is 1.60. The Labute approximate surface area is 216 Å². The lowest BCUT2D eigenvalue weighted by molar-refractivity contribution is 0.0954. The molecule has 0 aliphatic carbocycles. The molecule has 0 spiro atoms. The Kier molecular flexibility index (Phi) is 7.23. The lowest BCUT2D eigenvalue weighted by Gasteiger charge is -2.10. The molecular weight excluding hydrogens is 518 g/mol. The van der Waals surface area contributed by atoms with Gasteiger partial charge >= 0.3 is 5.69 Å². The number of ether oxygens (including phenoxy) is 2. The number of nitrogens with zero attached hydrogens (tertiary/aromatic N) is 2. The maximum absolute atomic E-state index is 13.2. The highest BCUT2D eigenvalue weighted by atomic mass is 32.2. The average Bonchev–Trinajstić information content (AvgIpc) is 3.34. The third-order valence-electron chi connectivity index (χ3n) is 5.81. The Morgan fingerprint density at radius 1 is 1.00 bits per heavy atom. The topological polar surface area (TPSA) is 125 Å². The van der Waals surface area contributed by atoms with Crippen molar-refractivity contribution in [3.8, 4) is 11.5 Å². The van der Waals surface area contributed by atoms with Crippen molar-refractivity contribution >= 4 is 31.9 Å². The fraction of sp³-hybridized carbons (Fsp3) is 0.240. The lowest BCUT2D eigenvalue weighted by Crippen LogP contribution is -2.38. The maximum atomic E-state index is 13.2. The van der Waals surface area contributed by atoms with Crippen LogP contribution in [-0.2, 0) is 22.9 Å². The van der Waals surface area contributed by atoms with Crippen LogP contribution in [-0.4, -0.2) is 43.8 Å². The fourth-order valence-electron chi connectivity index (χ4n) is 3.79. The third kappa shape index (κ3) is 5.30. The summed E-state index contributed by atoms with van der Waals surface area (Å²) in [5, 5.41) is 2.82. The Morgan fingerprint density at radius 2 is 1.65 bits per heavy atom. The monoisotopic (exact) mass is 543 g/mol. The number of methoxy groups -OCH3 is 2. The molecule has 37 heavy (non-hydrogen) atoms. The highest BCUT2D eigenvalue weighted by molar-refractivity contribution is 7.90. The Morgan fingerprint density at radius 3 is 2.27 bits per heavy atom. The molecule has 2 heterocycles. The molecule has 1 N–H and O–H groups in total. The summed E-state index contributed by atoms with van der Waals surface area (Å²) in [5.74, 6) is 0.722. The van der Waals surface area contributed by atoms with Gasteiger partial charge in [-0.05, 0) is 42.3 Å². The summed E-state index contributed by atoms with van der Waals surface area (Å²) in [6.45, 7) is 1.78. The zero-order valence-corrected chi connectivity index (χ0v) is 22.2. The van der Waals surface area contributed by atoms with Crippen molar-refractivity contribution in [2.75, 3.05) is 20.5 Å². The van der Waals surface area contributed by atoms with Crippen LogP contribution in [0.1, 0.15) is 26.4 Å². The number of hydrogen-bond acceptors (Lipinski definition) is 8. The van der Waals surface area contributed by atoms with Gasteiger partial charge in [-0.3, -0.25) is 18.6 Å². The normalized spacial score (nSPS) is 11.5. The standard InChI is InChI=1S/C25H25N3O7S2/c1-15-23(30)27(13-16-5-8-18(9-6-16)37(4,32)33)25(31)28-14-21(36-24(15)28)22(29)26-12-17-7-10-19(34-2)20(11-17)35-3/h5-11,14H,12-13H2,1-4H3,(H,26,29). The van der Waals surface area contributed by atoms with Crippen LogP contribution in [0.4, 0.5) is 0 Å². The predicted molar refractivity (Wildman–Crippen MR) is 140 cm³/mol. The van der Waals surface area contributed by atoms with Crippen molar-refractivity contribution in [2.24, 2.45) is 0 Å².